The first-order valence-corrected chi connectivity index (χ1v) is 3.45. The van der Waals surface area contributed by atoms with Gasteiger partial charge in [-0.25, -0.2) is 0 Å². The summed E-state index contributed by atoms with van der Waals surface area (Å²) in [4.78, 5) is 10.0. The molecule has 0 saturated heterocycles. The zero-order chi connectivity index (χ0) is 9.14. The van der Waals surface area contributed by atoms with Crippen LogP contribution in [0.4, 0.5) is 5.69 Å². The third kappa shape index (κ3) is 1.39. The molecule has 1 aromatic carbocycles. The lowest BCUT2D eigenvalue weighted by Crippen LogP contribution is -2.12. The molecule has 0 heterocycles. The summed E-state index contributed by atoms with van der Waals surface area (Å²) in [6, 6.07) is 4.75. The topological polar surface area (TPSA) is 52.4 Å². The highest BCUT2D eigenvalue weighted by Gasteiger charge is 2.12. The summed E-state index contributed by atoms with van der Waals surface area (Å²) >= 11 is 0. The lowest BCUT2D eigenvalue weighted by molar-refractivity contribution is -0.383. The van der Waals surface area contributed by atoms with Crippen LogP contribution in [0.25, 0.3) is 0 Å². The van der Waals surface area contributed by atoms with Crippen LogP contribution in [-0.2, 0) is 0 Å². The van der Waals surface area contributed by atoms with Crippen LogP contribution in [0, 0.1) is 10.1 Å². The van der Waals surface area contributed by atoms with Crippen LogP contribution in [0.2, 0.25) is 0 Å². The maximum absolute atomic E-state index is 10.4. The number of hydrogen-bond acceptors (Lipinski definition) is 3. The van der Waals surface area contributed by atoms with Gasteiger partial charge in [0.1, 0.15) is 5.75 Å². The Morgan fingerprint density at radius 3 is 2.75 bits per heavy atom. The van der Waals surface area contributed by atoms with Crippen LogP contribution >= 0.6 is 0 Å². The van der Waals surface area contributed by atoms with E-state index in [2.05, 4.69) is 0 Å². The molecule has 0 amide bonds. The fourth-order valence-corrected chi connectivity index (χ4v) is 1.02. The smallest absolute Gasteiger partial charge is 0.266 e. The van der Waals surface area contributed by atoms with Crippen molar-refractivity contribution in [3.05, 3.63) is 28.3 Å². The Hall–Kier alpha value is -1.52. The predicted molar refractivity (Wildman–Crippen MR) is 47.8 cm³/mol. The van der Waals surface area contributed by atoms with Crippen LogP contribution in [0.1, 0.15) is 0 Å². The van der Waals surface area contributed by atoms with Crippen molar-refractivity contribution in [2.45, 2.75) is 0 Å². The van der Waals surface area contributed by atoms with Crippen molar-refractivity contribution in [1.82, 2.24) is 0 Å². The van der Waals surface area contributed by atoms with Crippen molar-refractivity contribution < 1.29 is 9.66 Å². The molecular weight excluding hydrogens is 157 g/mol. The second-order valence-electron chi connectivity index (χ2n) is 2.36. The molecule has 12 heavy (non-hydrogen) atoms. The van der Waals surface area contributed by atoms with Gasteiger partial charge >= 0.3 is 0 Å². The van der Waals surface area contributed by atoms with E-state index in [1.54, 1.807) is 20.0 Å². The van der Waals surface area contributed by atoms with Gasteiger partial charge in [0.2, 0.25) is 0 Å². The molecule has 1 aromatic rings. The van der Waals surface area contributed by atoms with Gasteiger partial charge in [0.15, 0.2) is 7.85 Å². The fourth-order valence-electron chi connectivity index (χ4n) is 1.02. The van der Waals surface area contributed by atoms with Crippen molar-refractivity contribution in [2.75, 3.05) is 7.11 Å². The maximum atomic E-state index is 10.4. The number of benzene rings is 1. The van der Waals surface area contributed by atoms with E-state index in [1.165, 1.54) is 13.2 Å². The van der Waals surface area contributed by atoms with Gasteiger partial charge < -0.3 is 4.74 Å². The van der Waals surface area contributed by atoms with Crippen LogP contribution in [0.3, 0.4) is 0 Å². The van der Waals surface area contributed by atoms with Crippen LogP contribution in [0.15, 0.2) is 18.2 Å². The van der Waals surface area contributed by atoms with E-state index >= 15 is 0 Å². The lowest BCUT2D eigenvalue weighted by Gasteiger charge is -2.03. The normalized spacial score (nSPS) is 9.42. The lowest BCUT2D eigenvalue weighted by atomic mass is 9.93. The molecule has 0 N–H and O–H groups in total. The number of nitro groups is 1. The maximum Gasteiger partial charge on any atom is 0.266 e. The minimum Gasteiger partial charge on any atom is -0.497 e. The summed E-state index contributed by atoms with van der Waals surface area (Å²) in [6.45, 7) is 0. The zero-order valence-corrected chi connectivity index (χ0v) is 6.90. The Labute approximate surface area is 70.7 Å². The largest absolute Gasteiger partial charge is 0.497 e. The van der Waals surface area contributed by atoms with Gasteiger partial charge in [0.05, 0.1) is 12.0 Å². The van der Waals surface area contributed by atoms with Crippen molar-refractivity contribution >= 4 is 19.0 Å². The summed E-state index contributed by atoms with van der Waals surface area (Å²) < 4.78 is 4.93. The van der Waals surface area contributed by atoms with Crippen LogP contribution in [-0.4, -0.2) is 19.9 Å². The van der Waals surface area contributed by atoms with Crippen molar-refractivity contribution in [1.29, 1.82) is 0 Å². The summed E-state index contributed by atoms with van der Waals surface area (Å²) in [5.74, 6) is 0.546. The number of nitro benzene ring substituents is 1. The van der Waals surface area contributed by atoms with E-state index in [4.69, 9.17) is 4.74 Å². The molecule has 0 aromatic heterocycles. The van der Waals surface area contributed by atoms with Crippen molar-refractivity contribution in [3.8, 4) is 5.75 Å². The quantitative estimate of drug-likeness (QED) is 0.348. The monoisotopic (exact) mass is 165 g/mol. The minimum atomic E-state index is -0.419. The van der Waals surface area contributed by atoms with Crippen molar-refractivity contribution in [2.24, 2.45) is 0 Å². The third-order valence-electron chi connectivity index (χ3n) is 1.67. The Bertz CT molecular complexity index is 314. The Morgan fingerprint density at radius 1 is 1.58 bits per heavy atom. The molecule has 62 valence electrons. The molecule has 0 unspecified atom stereocenters. The number of rotatable bonds is 2. The van der Waals surface area contributed by atoms with Gasteiger partial charge in [-0.15, -0.1) is 0 Å². The second-order valence-corrected chi connectivity index (χ2v) is 2.36. The summed E-state index contributed by atoms with van der Waals surface area (Å²) in [6.07, 6.45) is 0. The van der Waals surface area contributed by atoms with E-state index in [0.29, 0.717) is 11.2 Å². The Balaban J connectivity index is 3.23. The van der Waals surface area contributed by atoms with E-state index in [9.17, 15) is 10.1 Å². The molecule has 0 aliphatic carbocycles. The summed E-state index contributed by atoms with van der Waals surface area (Å²) in [5, 5.41) is 10.4. The van der Waals surface area contributed by atoms with E-state index in [1.807, 2.05) is 0 Å². The first kappa shape index (κ1) is 8.58. The molecule has 0 saturated carbocycles. The van der Waals surface area contributed by atoms with E-state index in [-0.39, 0.29) is 5.69 Å². The number of nitrogens with zero attached hydrogens (tertiary/aromatic N) is 1. The molecule has 0 radical (unpaired) electrons. The molecule has 0 aliphatic heterocycles. The first-order chi connectivity index (χ1) is 5.66. The molecule has 0 spiro atoms. The molecule has 5 heteroatoms. The number of ether oxygens (including phenoxy) is 1. The predicted octanol–water partition coefficient (Wildman–Crippen LogP) is -0.138. The molecule has 0 aliphatic rings. The third-order valence-corrected chi connectivity index (χ3v) is 1.67. The van der Waals surface area contributed by atoms with Crippen molar-refractivity contribution in [3.63, 3.8) is 0 Å². The summed E-state index contributed by atoms with van der Waals surface area (Å²) in [5.41, 5.74) is 0.652. The SMILES string of the molecule is Bc1c(OC)cccc1[N+](=O)[O-]. The average molecular weight is 165 g/mol. The highest BCUT2D eigenvalue weighted by Crippen LogP contribution is 2.13. The van der Waals surface area contributed by atoms with Gasteiger partial charge in [-0.2, -0.15) is 0 Å². The average Bonchev–Trinajstić information content (AvgIpc) is 2.04. The molecule has 0 fully saturated rings. The van der Waals surface area contributed by atoms with Gasteiger partial charge in [-0.1, -0.05) is 6.07 Å². The molecule has 1 rings (SSSR count). The standard InChI is InChI=1S/C7H8BNO3/c1-12-6-4-2-3-5(7(6)8)9(10)11/h2-4H,8H2,1H3. The zero-order valence-electron chi connectivity index (χ0n) is 6.90. The highest BCUT2D eigenvalue weighted by molar-refractivity contribution is 6.37. The summed E-state index contributed by atoms with van der Waals surface area (Å²) in [7, 11) is 3.16. The molecule has 0 bridgehead atoms. The van der Waals surface area contributed by atoms with E-state index in [0.717, 1.165) is 0 Å². The molecule has 4 nitrogen and oxygen atoms in total. The highest BCUT2D eigenvalue weighted by atomic mass is 16.6. The van der Waals surface area contributed by atoms with E-state index < -0.39 is 4.92 Å². The van der Waals surface area contributed by atoms with Gasteiger partial charge in [-0.3, -0.25) is 10.1 Å². The van der Waals surface area contributed by atoms with Gasteiger partial charge in [0, 0.05) is 11.5 Å². The molecule has 0 atom stereocenters. The minimum absolute atomic E-state index is 0.0920. The first-order valence-electron chi connectivity index (χ1n) is 3.45. The van der Waals surface area contributed by atoms with Crippen LogP contribution < -0.4 is 10.2 Å². The number of methoxy groups -OCH3 is 1. The Morgan fingerprint density at radius 2 is 2.25 bits per heavy atom. The van der Waals surface area contributed by atoms with Crippen LogP contribution in [0.5, 0.6) is 5.75 Å². The second kappa shape index (κ2) is 3.25. The fraction of sp³-hybridized carbons (Fsp3) is 0.143. The Kier molecular flexibility index (Phi) is 2.33. The number of hydrogen-bond donors (Lipinski definition) is 0. The van der Waals surface area contributed by atoms with Gasteiger partial charge in [-0.05, 0) is 6.07 Å². The molecular formula is C7H8BNO3. The van der Waals surface area contributed by atoms with Gasteiger partial charge in [0.25, 0.3) is 5.69 Å².